The molecule has 4 rings (SSSR count). The lowest BCUT2D eigenvalue weighted by atomic mass is 9.95. The highest BCUT2D eigenvalue weighted by Crippen LogP contribution is 2.52. The van der Waals surface area contributed by atoms with E-state index in [0.717, 1.165) is 29.4 Å². The lowest BCUT2D eigenvalue weighted by Gasteiger charge is -2.47. The Kier molecular flexibility index (Phi) is 3.90. The first-order valence-corrected chi connectivity index (χ1v) is 8.95. The molecule has 3 heterocycles. The van der Waals surface area contributed by atoms with Crippen molar-refractivity contribution in [1.29, 1.82) is 0 Å². The van der Waals surface area contributed by atoms with Gasteiger partial charge in [-0.3, -0.25) is 4.79 Å². The molecule has 5 heteroatoms. The second kappa shape index (κ2) is 5.83. The number of esters is 1. The van der Waals surface area contributed by atoms with Crippen LogP contribution in [-0.2, 0) is 14.3 Å². The fourth-order valence-electron chi connectivity index (χ4n) is 4.87. The molecule has 3 saturated heterocycles. The molecule has 24 heavy (non-hydrogen) atoms. The second-order valence-electron chi connectivity index (χ2n) is 7.54. The van der Waals surface area contributed by atoms with E-state index in [1.807, 2.05) is 30.3 Å². The summed E-state index contributed by atoms with van der Waals surface area (Å²) in [5.41, 5.74) is 0.809. The molecule has 0 amide bonds. The molecule has 3 aliphatic rings. The predicted octanol–water partition coefficient (Wildman–Crippen LogP) is 1.45. The van der Waals surface area contributed by atoms with Crippen molar-refractivity contribution in [2.24, 2.45) is 0 Å². The lowest BCUT2D eigenvalue weighted by molar-refractivity contribution is -0.954. The molecule has 1 aromatic carbocycles. The van der Waals surface area contributed by atoms with Crippen molar-refractivity contribution >= 4 is 5.97 Å². The van der Waals surface area contributed by atoms with Crippen LogP contribution in [0.3, 0.4) is 0 Å². The van der Waals surface area contributed by atoms with Gasteiger partial charge >= 0.3 is 5.97 Å². The van der Waals surface area contributed by atoms with Crippen LogP contribution in [0.15, 0.2) is 30.3 Å². The molecule has 5 nitrogen and oxygen atoms in total. The highest BCUT2D eigenvalue weighted by atomic mass is 16.6. The molecule has 0 spiro atoms. The van der Waals surface area contributed by atoms with Crippen molar-refractivity contribution in [1.82, 2.24) is 0 Å². The molecule has 1 aromatic rings. The van der Waals surface area contributed by atoms with E-state index in [4.69, 9.17) is 9.47 Å². The van der Waals surface area contributed by atoms with Crippen LogP contribution in [0.5, 0.6) is 0 Å². The lowest BCUT2D eigenvalue weighted by Crippen LogP contribution is -2.62. The summed E-state index contributed by atoms with van der Waals surface area (Å²) in [6.45, 7) is 3.10. The van der Waals surface area contributed by atoms with Gasteiger partial charge in [-0.05, 0) is 12.5 Å². The van der Waals surface area contributed by atoms with E-state index in [9.17, 15) is 9.90 Å². The van der Waals surface area contributed by atoms with E-state index >= 15 is 0 Å². The fourth-order valence-corrected chi connectivity index (χ4v) is 4.87. The first kappa shape index (κ1) is 16.1. The van der Waals surface area contributed by atoms with Gasteiger partial charge in [0.25, 0.3) is 0 Å². The first-order valence-electron chi connectivity index (χ1n) is 8.95. The van der Waals surface area contributed by atoms with Crippen molar-refractivity contribution < 1.29 is 23.9 Å². The van der Waals surface area contributed by atoms with Gasteiger partial charge in [-0.2, -0.15) is 0 Å². The highest BCUT2D eigenvalue weighted by Gasteiger charge is 2.71. The van der Waals surface area contributed by atoms with E-state index in [0.29, 0.717) is 24.3 Å². The molecular formula is C19H26NO4+. The van der Waals surface area contributed by atoms with Gasteiger partial charge in [0.05, 0.1) is 20.2 Å². The molecule has 3 fully saturated rings. The Hall–Kier alpha value is -1.43. The number of benzene rings is 1. The number of carbonyl (C=O) groups excluding carboxylic acids is 1. The summed E-state index contributed by atoms with van der Waals surface area (Å²) in [6.07, 6.45) is 2.37. The third-order valence-corrected chi connectivity index (χ3v) is 6.48. The van der Waals surface area contributed by atoms with Crippen molar-refractivity contribution in [3.63, 3.8) is 0 Å². The minimum Gasteiger partial charge on any atom is -0.461 e. The number of morpholine rings is 1. The number of likely N-dealkylation sites (N-methyl/N-ethyl adjacent to an activating group) is 1. The maximum atomic E-state index is 12.6. The van der Waals surface area contributed by atoms with Gasteiger partial charge in [0.15, 0.2) is 0 Å². The molecular weight excluding hydrogens is 306 g/mol. The van der Waals surface area contributed by atoms with Gasteiger partial charge in [-0.25, -0.2) is 0 Å². The number of hydrogen-bond acceptors (Lipinski definition) is 4. The average Bonchev–Trinajstić information content (AvgIpc) is 3.35. The SMILES string of the molecule is CC[N+]1(C)[C@@H]2CC(OC(=O)C(CO)c3ccccc3)C[C@H]1[C@H]1O[C@H]12. The van der Waals surface area contributed by atoms with Crippen LogP contribution in [0.25, 0.3) is 0 Å². The summed E-state index contributed by atoms with van der Waals surface area (Å²) in [6, 6.07) is 10.2. The van der Waals surface area contributed by atoms with Crippen molar-refractivity contribution in [2.75, 3.05) is 20.2 Å². The Morgan fingerprint density at radius 1 is 1.29 bits per heavy atom. The Balaban J connectivity index is 1.44. The van der Waals surface area contributed by atoms with Crippen LogP contribution in [0.1, 0.15) is 31.2 Å². The van der Waals surface area contributed by atoms with E-state index in [1.165, 1.54) is 0 Å². The van der Waals surface area contributed by atoms with E-state index in [2.05, 4.69) is 14.0 Å². The fraction of sp³-hybridized carbons (Fsp3) is 0.632. The molecule has 130 valence electrons. The maximum Gasteiger partial charge on any atom is 0.316 e. The van der Waals surface area contributed by atoms with Gasteiger partial charge in [-0.1, -0.05) is 30.3 Å². The number of nitrogens with zero attached hydrogens (tertiary/aromatic N) is 1. The second-order valence-corrected chi connectivity index (χ2v) is 7.54. The average molecular weight is 332 g/mol. The van der Waals surface area contributed by atoms with Gasteiger partial charge in [0, 0.05) is 12.8 Å². The Morgan fingerprint density at radius 3 is 2.46 bits per heavy atom. The first-order chi connectivity index (χ1) is 11.6. The van der Waals surface area contributed by atoms with E-state index in [-0.39, 0.29) is 18.7 Å². The van der Waals surface area contributed by atoms with Crippen LogP contribution >= 0.6 is 0 Å². The number of quaternary nitrogens is 1. The predicted molar refractivity (Wildman–Crippen MR) is 88.3 cm³/mol. The van der Waals surface area contributed by atoms with E-state index in [1.54, 1.807) is 0 Å². The highest BCUT2D eigenvalue weighted by molar-refractivity contribution is 5.78. The molecule has 1 N–H and O–H groups in total. The molecule has 3 aliphatic heterocycles. The minimum atomic E-state index is -0.594. The molecule has 7 atom stereocenters. The van der Waals surface area contributed by atoms with Crippen molar-refractivity contribution in [3.8, 4) is 0 Å². The van der Waals surface area contributed by atoms with Crippen LogP contribution in [-0.4, -0.2) is 66.2 Å². The molecule has 0 radical (unpaired) electrons. The van der Waals surface area contributed by atoms with Gasteiger partial charge in [0.2, 0.25) is 0 Å². The van der Waals surface area contributed by atoms with E-state index < -0.39 is 5.92 Å². The standard InChI is InChI=1S/C19H26NO4/c1-3-20(2)15-9-13(10-16(20)18-17(15)24-18)23-19(22)14(11-21)12-7-5-4-6-8-12/h4-8,13-18,21H,3,9-11H2,1-2H3/q+1/t13?,14?,15-,16+,17+,18-,20?. The van der Waals surface area contributed by atoms with Crippen LogP contribution < -0.4 is 0 Å². The third-order valence-electron chi connectivity index (χ3n) is 6.48. The van der Waals surface area contributed by atoms with Crippen molar-refractivity contribution in [3.05, 3.63) is 35.9 Å². The summed E-state index contributed by atoms with van der Waals surface area (Å²) in [5.74, 6) is -0.904. The zero-order valence-corrected chi connectivity index (χ0v) is 14.3. The number of aliphatic hydroxyl groups is 1. The topological polar surface area (TPSA) is 59.1 Å². The Morgan fingerprint density at radius 2 is 1.92 bits per heavy atom. The van der Waals surface area contributed by atoms with Crippen molar-refractivity contribution in [2.45, 2.75) is 56.1 Å². The van der Waals surface area contributed by atoms with Crippen LogP contribution in [0.2, 0.25) is 0 Å². The summed E-state index contributed by atoms with van der Waals surface area (Å²) in [7, 11) is 2.31. The summed E-state index contributed by atoms with van der Waals surface area (Å²) < 4.78 is 12.7. The molecule has 2 bridgehead atoms. The van der Waals surface area contributed by atoms with Gasteiger partial charge in [0.1, 0.15) is 36.3 Å². The smallest absolute Gasteiger partial charge is 0.316 e. The normalized spacial score (nSPS) is 40.7. The molecule has 0 aromatic heterocycles. The quantitative estimate of drug-likeness (QED) is 0.504. The Bertz CT molecular complexity index is 601. The van der Waals surface area contributed by atoms with Gasteiger partial charge in [-0.15, -0.1) is 0 Å². The minimum absolute atomic E-state index is 0.0561. The monoisotopic (exact) mass is 332 g/mol. The number of fused-ring (bicyclic) bond motifs is 5. The largest absolute Gasteiger partial charge is 0.461 e. The number of hydrogen-bond donors (Lipinski definition) is 1. The van der Waals surface area contributed by atoms with Crippen LogP contribution in [0.4, 0.5) is 0 Å². The number of ether oxygens (including phenoxy) is 2. The number of rotatable bonds is 5. The van der Waals surface area contributed by atoms with Gasteiger partial charge < -0.3 is 19.1 Å². The summed E-state index contributed by atoms with van der Waals surface area (Å²) >= 11 is 0. The molecule has 0 aliphatic carbocycles. The molecule has 3 unspecified atom stereocenters. The third kappa shape index (κ3) is 2.38. The number of epoxide rings is 1. The number of piperidine rings is 1. The van der Waals surface area contributed by atoms with Crippen LogP contribution in [0, 0.1) is 0 Å². The number of aliphatic hydroxyl groups excluding tert-OH is 1. The molecule has 0 saturated carbocycles. The number of carbonyl (C=O) groups is 1. The Labute approximate surface area is 142 Å². The summed E-state index contributed by atoms with van der Waals surface area (Å²) in [4.78, 5) is 12.6. The summed E-state index contributed by atoms with van der Waals surface area (Å²) in [5, 5.41) is 9.64. The zero-order valence-electron chi connectivity index (χ0n) is 14.3. The maximum absolute atomic E-state index is 12.6. The zero-order chi connectivity index (χ0) is 16.9.